The summed E-state index contributed by atoms with van der Waals surface area (Å²) in [7, 11) is 0. The van der Waals surface area contributed by atoms with Gasteiger partial charge in [0.05, 0.1) is 0 Å². The lowest BCUT2D eigenvalue weighted by Gasteiger charge is -2.57. The highest BCUT2D eigenvalue weighted by atomic mass is 14.8. The molecule has 1 aliphatic carbocycles. The molecule has 0 saturated heterocycles. The van der Waals surface area contributed by atoms with Crippen molar-refractivity contribution in [2.24, 2.45) is 23.5 Å². The van der Waals surface area contributed by atoms with E-state index in [4.69, 9.17) is 5.73 Å². The molecular formula is C11H23N. The molecule has 4 unspecified atom stereocenters. The second-order valence-electron chi connectivity index (χ2n) is 4.62. The van der Waals surface area contributed by atoms with Gasteiger partial charge in [-0.25, -0.2) is 0 Å². The molecule has 1 fully saturated rings. The Kier molecular flexibility index (Phi) is 2.82. The van der Waals surface area contributed by atoms with Gasteiger partial charge in [0.2, 0.25) is 0 Å². The van der Waals surface area contributed by atoms with Gasteiger partial charge in [-0.2, -0.15) is 0 Å². The van der Waals surface area contributed by atoms with Crippen LogP contribution in [0.1, 0.15) is 47.0 Å². The van der Waals surface area contributed by atoms with Crippen molar-refractivity contribution in [1.82, 2.24) is 0 Å². The van der Waals surface area contributed by atoms with E-state index >= 15 is 0 Å². The summed E-state index contributed by atoms with van der Waals surface area (Å²) in [6, 6.07) is 0. The zero-order valence-electron chi connectivity index (χ0n) is 8.93. The molecular weight excluding hydrogens is 146 g/mol. The van der Waals surface area contributed by atoms with Gasteiger partial charge in [0.25, 0.3) is 0 Å². The zero-order chi connectivity index (χ0) is 9.35. The Morgan fingerprint density at radius 1 is 1.33 bits per heavy atom. The van der Waals surface area contributed by atoms with E-state index in [-0.39, 0.29) is 5.54 Å². The fraction of sp³-hybridized carbons (Fsp3) is 1.00. The van der Waals surface area contributed by atoms with Crippen LogP contribution in [0.3, 0.4) is 0 Å². The fourth-order valence-electron chi connectivity index (χ4n) is 3.02. The van der Waals surface area contributed by atoms with Crippen LogP contribution in [-0.4, -0.2) is 5.54 Å². The minimum atomic E-state index is 0.120. The third kappa shape index (κ3) is 1.28. The van der Waals surface area contributed by atoms with E-state index in [1.54, 1.807) is 0 Å². The topological polar surface area (TPSA) is 26.0 Å². The Hall–Kier alpha value is -0.0400. The van der Waals surface area contributed by atoms with E-state index in [0.717, 1.165) is 17.8 Å². The highest BCUT2D eigenvalue weighted by molar-refractivity contribution is 5.06. The van der Waals surface area contributed by atoms with Crippen LogP contribution in [0.15, 0.2) is 0 Å². The Bertz CT molecular complexity index is 151. The van der Waals surface area contributed by atoms with Gasteiger partial charge >= 0.3 is 0 Å². The van der Waals surface area contributed by atoms with Gasteiger partial charge in [-0.1, -0.05) is 40.0 Å². The van der Waals surface area contributed by atoms with Crippen molar-refractivity contribution in [2.45, 2.75) is 52.5 Å². The van der Waals surface area contributed by atoms with Crippen molar-refractivity contribution >= 4 is 0 Å². The summed E-state index contributed by atoms with van der Waals surface area (Å²) in [6.07, 6.45) is 3.93. The van der Waals surface area contributed by atoms with Crippen LogP contribution >= 0.6 is 0 Å². The second-order valence-corrected chi connectivity index (χ2v) is 4.62. The standard InChI is InChI=1S/C11H23N/c1-5-7-9-8(3)11(4,12)10(9)6-2/h8-10H,5-7,12H2,1-4H3. The summed E-state index contributed by atoms with van der Waals surface area (Å²) in [6.45, 7) is 9.07. The van der Waals surface area contributed by atoms with Crippen molar-refractivity contribution in [3.05, 3.63) is 0 Å². The highest BCUT2D eigenvalue weighted by Crippen LogP contribution is 2.50. The van der Waals surface area contributed by atoms with Crippen molar-refractivity contribution in [1.29, 1.82) is 0 Å². The number of rotatable bonds is 3. The molecule has 1 rings (SSSR count). The van der Waals surface area contributed by atoms with Crippen molar-refractivity contribution in [3.63, 3.8) is 0 Å². The third-order valence-electron chi connectivity index (χ3n) is 4.00. The lowest BCUT2D eigenvalue weighted by atomic mass is 9.51. The largest absolute Gasteiger partial charge is 0.325 e. The van der Waals surface area contributed by atoms with E-state index in [2.05, 4.69) is 27.7 Å². The normalized spacial score (nSPS) is 47.2. The zero-order valence-corrected chi connectivity index (χ0v) is 8.93. The van der Waals surface area contributed by atoms with Crippen molar-refractivity contribution in [3.8, 4) is 0 Å². The molecule has 0 aromatic heterocycles. The lowest BCUT2D eigenvalue weighted by molar-refractivity contribution is -0.0346. The van der Waals surface area contributed by atoms with Crippen LogP contribution < -0.4 is 5.73 Å². The Balaban J connectivity index is 2.56. The van der Waals surface area contributed by atoms with E-state index in [9.17, 15) is 0 Å². The first kappa shape index (κ1) is 10.0. The smallest absolute Gasteiger partial charge is 0.0185 e. The molecule has 1 heteroatoms. The average molecular weight is 169 g/mol. The van der Waals surface area contributed by atoms with Gasteiger partial charge in [0.15, 0.2) is 0 Å². The van der Waals surface area contributed by atoms with Crippen molar-refractivity contribution in [2.75, 3.05) is 0 Å². The predicted molar refractivity (Wildman–Crippen MR) is 53.9 cm³/mol. The first-order valence-electron chi connectivity index (χ1n) is 5.34. The molecule has 0 bridgehead atoms. The van der Waals surface area contributed by atoms with E-state index in [0.29, 0.717) is 0 Å². The molecule has 0 amide bonds. The Morgan fingerprint density at radius 3 is 2.33 bits per heavy atom. The van der Waals surface area contributed by atoms with Crippen LogP contribution in [-0.2, 0) is 0 Å². The van der Waals surface area contributed by atoms with Crippen LogP contribution in [0.2, 0.25) is 0 Å². The maximum Gasteiger partial charge on any atom is 0.0185 e. The first-order chi connectivity index (χ1) is 5.55. The average Bonchev–Trinajstić information content (AvgIpc) is 2.03. The van der Waals surface area contributed by atoms with E-state index in [1.165, 1.54) is 19.3 Å². The summed E-state index contributed by atoms with van der Waals surface area (Å²) in [4.78, 5) is 0. The predicted octanol–water partition coefficient (Wildman–Crippen LogP) is 2.80. The van der Waals surface area contributed by atoms with E-state index < -0.39 is 0 Å². The molecule has 12 heavy (non-hydrogen) atoms. The van der Waals surface area contributed by atoms with Gasteiger partial charge in [0.1, 0.15) is 0 Å². The molecule has 72 valence electrons. The molecule has 0 aromatic carbocycles. The Labute approximate surface area is 76.7 Å². The van der Waals surface area contributed by atoms with Gasteiger partial charge in [-0.15, -0.1) is 0 Å². The number of hydrogen-bond acceptors (Lipinski definition) is 1. The van der Waals surface area contributed by atoms with Gasteiger partial charge < -0.3 is 5.73 Å². The molecule has 0 aliphatic heterocycles. The molecule has 1 nitrogen and oxygen atoms in total. The molecule has 1 aliphatic rings. The monoisotopic (exact) mass is 169 g/mol. The van der Waals surface area contributed by atoms with Crippen molar-refractivity contribution < 1.29 is 0 Å². The van der Waals surface area contributed by atoms with Crippen LogP contribution in [0, 0.1) is 17.8 Å². The highest BCUT2D eigenvalue weighted by Gasteiger charge is 2.52. The van der Waals surface area contributed by atoms with Gasteiger partial charge in [-0.05, 0) is 24.7 Å². The third-order valence-corrected chi connectivity index (χ3v) is 4.00. The van der Waals surface area contributed by atoms with Crippen LogP contribution in [0.25, 0.3) is 0 Å². The summed E-state index contributed by atoms with van der Waals surface area (Å²) < 4.78 is 0. The van der Waals surface area contributed by atoms with Crippen LogP contribution in [0.5, 0.6) is 0 Å². The fourth-order valence-corrected chi connectivity index (χ4v) is 3.02. The molecule has 0 radical (unpaired) electrons. The summed E-state index contributed by atoms with van der Waals surface area (Å²) >= 11 is 0. The van der Waals surface area contributed by atoms with Gasteiger partial charge in [-0.3, -0.25) is 0 Å². The molecule has 0 aromatic rings. The minimum absolute atomic E-state index is 0.120. The number of nitrogens with two attached hydrogens (primary N) is 1. The molecule has 1 saturated carbocycles. The molecule has 4 atom stereocenters. The quantitative estimate of drug-likeness (QED) is 0.690. The minimum Gasteiger partial charge on any atom is -0.325 e. The molecule has 0 heterocycles. The SMILES string of the molecule is CCCC1C(C)C(C)(N)C1CC. The first-order valence-corrected chi connectivity index (χ1v) is 5.34. The summed E-state index contributed by atoms with van der Waals surface area (Å²) in [5, 5.41) is 0. The maximum atomic E-state index is 6.24. The summed E-state index contributed by atoms with van der Waals surface area (Å²) in [5.41, 5.74) is 6.36. The number of hydrogen-bond donors (Lipinski definition) is 1. The molecule has 0 spiro atoms. The molecule has 2 N–H and O–H groups in total. The second kappa shape index (κ2) is 3.37. The van der Waals surface area contributed by atoms with Gasteiger partial charge in [0, 0.05) is 5.54 Å². The van der Waals surface area contributed by atoms with Crippen LogP contribution in [0.4, 0.5) is 0 Å². The Morgan fingerprint density at radius 2 is 1.92 bits per heavy atom. The lowest BCUT2D eigenvalue weighted by Crippen LogP contribution is -2.64. The maximum absolute atomic E-state index is 6.24. The summed E-state index contributed by atoms with van der Waals surface area (Å²) in [5.74, 6) is 2.39. The van der Waals surface area contributed by atoms with E-state index in [1.807, 2.05) is 0 Å².